The largest absolute Gasteiger partial charge is 0.463 e. The third-order valence-electron chi connectivity index (χ3n) is 5.04. The van der Waals surface area contributed by atoms with Gasteiger partial charge in [0.05, 0.1) is 26.1 Å². The van der Waals surface area contributed by atoms with Crippen LogP contribution >= 0.6 is 0 Å². The molecular weight excluding hydrogens is 568 g/mol. The van der Waals surface area contributed by atoms with Gasteiger partial charge in [0, 0.05) is 35.1 Å². The zero-order valence-corrected chi connectivity index (χ0v) is 23.5. The van der Waals surface area contributed by atoms with Crippen molar-refractivity contribution in [1.82, 2.24) is 0 Å². The average Bonchev–Trinajstić information content (AvgIpc) is 2.95. The van der Waals surface area contributed by atoms with Crippen molar-refractivity contribution in [3.05, 3.63) is 50.6 Å². The van der Waals surface area contributed by atoms with Crippen molar-refractivity contribution in [2.75, 3.05) is 52.9 Å². The summed E-state index contributed by atoms with van der Waals surface area (Å²) in [7, 11) is 0. The molecule has 0 rings (SSSR count). The van der Waals surface area contributed by atoms with Crippen LogP contribution in [0.5, 0.6) is 0 Å². The second-order valence-electron chi connectivity index (χ2n) is 9.28. The number of carbonyl (C=O) groups is 6. The molecule has 0 aromatic rings. The van der Waals surface area contributed by atoms with E-state index in [1.807, 2.05) is 0 Å². The molecule has 13 heteroatoms. The number of rotatable bonds is 22. The summed E-state index contributed by atoms with van der Waals surface area (Å²) in [6.07, 6.45) is 3.38. The smallest absolute Gasteiger partial charge is 0.330 e. The molecule has 0 atom stereocenters. The van der Waals surface area contributed by atoms with Gasteiger partial charge in [-0.2, -0.15) is 0 Å². The highest BCUT2D eigenvalue weighted by atomic mass is 16.6. The van der Waals surface area contributed by atoms with Crippen LogP contribution < -0.4 is 0 Å². The fraction of sp³-hybridized carbons (Fsp3) is 0.533. The summed E-state index contributed by atoms with van der Waals surface area (Å²) in [6.45, 7) is 15.1. The van der Waals surface area contributed by atoms with Crippen molar-refractivity contribution < 1.29 is 61.9 Å². The van der Waals surface area contributed by atoms with Crippen molar-refractivity contribution in [1.29, 1.82) is 0 Å². The molecule has 0 N–H and O–H groups in total. The maximum atomic E-state index is 12.3. The predicted octanol–water partition coefficient (Wildman–Crippen LogP) is 3.07. The molecule has 0 aromatic carbocycles. The first-order valence-electron chi connectivity index (χ1n) is 12.4. The first kappa shape index (κ1) is 43.2. The lowest BCUT2D eigenvalue weighted by molar-refractivity contribution is -0.158. The second-order valence-corrected chi connectivity index (χ2v) is 9.28. The summed E-state index contributed by atoms with van der Waals surface area (Å²) in [5.74, 6) is -4.12. The Morgan fingerprint density at radius 3 is 0.977 bits per heavy atom. The minimum atomic E-state index is -1.06. The van der Waals surface area contributed by atoms with Gasteiger partial charge in [-0.05, 0) is 0 Å². The molecule has 0 saturated carbocycles. The maximum Gasteiger partial charge on any atom is 0.330 e. The molecule has 13 nitrogen and oxygen atoms in total. The van der Waals surface area contributed by atoms with E-state index in [1.54, 1.807) is 13.8 Å². The lowest BCUT2D eigenvalue weighted by atomic mass is 9.88. The van der Waals surface area contributed by atoms with Crippen molar-refractivity contribution in [2.24, 2.45) is 10.8 Å². The molecule has 0 saturated heterocycles. The Kier molecular flexibility index (Phi) is 23.4. The molecular formula is C30H46O13. The second kappa shape index (κ2) is 23.3. The highest BCUT2D eigenvalue weighted by Crippen LogP contribution is 2.25. The van der Waals surface area contributed by atoms with Gasteiger partial charge in [0.15, 0.2) is 0 Å². The van der Waals surface area contributed by atoms with E-state index in [4.69, 9.17) is 33.2 Å². The number of carbonyl (C=O) groups excluding carboxylic acids is 6. The summed E-state index contributed by atoms with van der Waals surface area (Å²) in [5, 5.41) is 0. The van der Waals surface area contributed by atoms with E-state index in [0.717, 1.165) is 24.3 Å². The highest BCUT2D eigenvalue weighted by Gasteiger charge is 2.33. The quantitative estimate of drug-likeness (QED) is 0.0756. The molecule has 0 amide bonds. The number of hydrogen-bond donors (Lipinski definition) is 0. The predicted molar refractivity (Wildman–Crippen MR) is 156 cm³/mol. The summed E-state index contributed by atoms with van der Waals surface area (Å²) in [5.41, 5.74) is -2.13. The van der Waals surface area contributed by atoms with E-state index in [9.17, 15) is 28.8 Å². The highest BCUT2D eigenvalue weighted by molar-refractivity contribution is 5.82. The molecule has 0 fully saturated rings. The molecule has 0 aliphatic heterocycles. The zero-order chi connectivity index (χ0) is 31.3. The van der Waals surface area contributed by atoms with E-state index in [-0.39, 0.29) is 80.6 Å². The lowest BCUT2D eigenvalue weighted by Gasteiger charge is -2.27. The average molecular weight is 615 g/mol. The van der Waals surface area contributed by atoms with Crippen LogP contribution in [0.2, 0.25) is 0 Å². The summed E-state index contributed by atoms with van der Waals surface area (Å²) >= 11 is 0. The number of ether oxygens (including phenoxy) is 7. The van der Waals surface area contributed by atoms with Crippen LogP contribution in [0.4, 0.5) is 0 Å². The molecule has 0 aromatic heterocycles. The summed E-state index contributed by atoms with van der Waals surface area (Å²) < 4.78 is 35.5. The molecule has 0 aliphatic carbocycles. The third kappa shape index (κ3) is 21.2. The van der Waals surface area contributed by atoms with Gasteiger partial charge in [-0.1, -0.05) is 55.0 Å². The van der Waals surface area contributed by atoms with Crippen molar-refractivity contribution in [3.63, 3.8) is 0 Å². The molecule has 0 unspecified atom stereocenters. The Hall–Kier alpha value is -4.26. The Morgan fingerprint density at radius 1 is 0.488 bits per heavy atom. The molecule has 0 heterocycles. The van der Waals surface area contributed by atoms with Crippen molar-refractivity contribution in [3.8, 4) is 0 Å². The normalized spacial score (nSPS) is 10.3. The molecule has 244 valence electrons. The van der Waals surface area contributed by atoms with E-state index in [1.165, 1.54) is 0 Å². The monoisotopic (exact) mass is 614 g/mol. The van der Waals surface area contributed by atoms with Crippen LogP contribution in [0, 0.1) is 10.8 Å². The molecule has 0 bridgehead atoms. The first-order valence-corrected chi connectivity index (χ1v) is 12.4. The lowest BCUT2D eigenvalue weighted by Crippen LogP contribution is -2.34. The van der Waals surface area contributed by atoms with Crippen molar-refractivity contribution >= 4 is 35.8 Å². The van der Waals surface area contributed by atoms with E-state index in [0.29, 0.717) is 0 Å². The minimum Gasteiger partial charge on any atom is -0.463 e. The van der Waals surface area contributed by atoms with Crippen molar-refractivity contribution in [2.45, 2.75) is 41.5 Å². The van der Waals surface area contributed by atoms with Gasteiger partial charge >= 0.3 is 35.8 Å². The Balaban J connectivity index is -0.00000800. The van der Waals surface area contributed by atoms with Gasteiger partial charge in [0.1, 0.15) is 39.6 Å². The van der Waals surface area contributed by atoms with Crippen LogP contribution in [0.15, 0.2) is 50.6 Å². The molecule has 0 radical (unpaired) electrons. The summed E-state index contributed by atoms with van der Waals surface area (Å²) in [6, 6.07) is 0. The van der Waals surface area contributed by atoms with Crippen LogP contribution in [-0.2, 0) is 61.9 Å². The summed E-state index contributed by atoms with van der Waals surface area (Å²) in [4.78, 5) is 70.2. The zero-order valence-electron chi connectivity index (χ0n) is 23.5. The minimum absolute atomic E-state index is 0. The molecule has 0 spiro atoms. The van der Waals surface area contributed by atoms with Crippen LogP contribution in [0.1, 0.15) is 41.5 Å². The Morgan fingerprint density at radius 2 is 0.744 bits per heavy atom. The maximum absolute atomic E-state index is 12.3. The fourth-order valence-electron chi connectivity index (χ4n) is 2.83. The number of hydrogen-bond acceptors (Lipinski definition) is 13. The van der Waals surface area contributed by atoms with E-state index < -0.39 is 46.6 Å². The topological polar surface area (TPSA) is 167 Å². The standard InChI is InChI=1S/C28H38O13.2CH4/c1-7-21(29)38-17-27(5,18-39-22(30)8-2)15-25(33)36-13-11-35-12-14-37-26(34)16-28(6,19-40-23(31)9-3)20-41-24(32)10-4;;/h7-10H,1-4,11-20H2,5-6H3;2*1H4. The van der Waals surface area contributed by atoms with Crippen LogP contribution in [0.3, 0.4) is 0 Å². The van der Waals surface area contributed by atoms with Gasteiger partial charge in [-0.25, -0.2) is 19.2 Å². The fourth-order valence-corrected chi connectivity index (χ4v) is 2.83. The number of esters is 6. The first-order chi connectivity index (χ1) is 19.3. The Labute approximate surface area is 253 Å². The third-order valence-corrected chi connectivity index (χ3v) is 5.04. The SMILES string of the molecule is C.C.C=CC(=O)OCC(C)(COC(=O)C=C)CC(=O)OCCOCCOC(=O)CC(C)(COC(=O)C=C)COC(=O)C=C. The van der Waals surface area contributed by atoms with Gasteiger partial charge in [0.25, 0.3) is 0 Å². The van der Waals surface area contributed by atoms with Crippen LogP contribution in [0.25, 0.3) is 0 Å². The van der Waals surface area contributed by atoms with Gasteiger partial charge in [-0.3, -0.25) is 9.59 Å². The van der Waals surface area contributed by atoms with E-state index >= 15 is 0 Å². The van der Waals surface area contributed by atoms with Gasteiger partial charge < -0.3 is 33.2 Å². The van der Waals surface area contributed by atoms with Crippen LogP contribution in [-0.4, -0.2) is 88.7 Å². The van der Waals surface area contributed by atoms with Gasteiger partial charge in [0.2, 0.25) is 0 Å². The Bertz CT molecular complexity index is 843. The molecule has 0 aliphatic rings. The van der Waals surface area contributed by atoms with E-state index in [2.05, 4.69) is 26.3 Å². The van der Waals surface area contributed by atoms with Gasteiger partial charge in [-0.15, -0.1) is 0 Å². The molecule has 43 heavy (non-hydrogen) atoms.